The Kier molecular flexibility index (Phi) is 2.41. The second kappa shape index (κ2) is 3.88. The van der Waals surface area contributed by atoms with E-state index >= 15 is 0 Å². The molecule has 2 heterocycles. The molecule has 0 aromatic heterocycles. The zero-order valence-corrected chi connectivity index (χ0v) is 15.4. The molecule has 2 nitrogen and oxygen atoms in total. The van der Waals surface area contributed by atoms with Crippen LogP contribution in [-0.2, 0) is 9.53 Å². The van der Waals surface area contributed by atoms with E-state index in [9.17, 15) is 4.79 Å². The molecule has 24 heavy (non-hydrogen) atoms. The van der Waals surface area contributed by atoms with Gasteiger partial charge in [-0.15, -0.1) is 0 Å². The van der Waals surface area contributed by atoms with E-state index in [2.05, 4.69) is 65.8 Å². The molecule has 1 aromatic carbocycles. The summed E-state index contributed by atoms with van der Waals surface area (Å²) in [6.07, 6.45) is 0.208. The van der Waals surface area contributed by atoms with E-state index in [0.717, 1.165) is 0 Å². The smallest absolute Gasteiger partial charge is 0.149 e. The Morgan fingerprint density at radius 3 is 2.00 bits per heavy atom. The summed E-state index contributed by atoms with van der Waals surface area (Å²) in [7, 11) is 0. The normalized spacial score (nSPS) is 47.2. The number of hydrogen-bond acceptors (Lipinski definition) is 2. The Morgan fingerprint density at radius 2 is 1.42 bits per heavy atom. The standard InChI is InChI=1S/C22H26O2/c1-11-12(2)22(6)16-15(21(11,5)19(23)20(22,3)4)17-13-9-7-8-10-14(13)18(16)24-17/h7-10,15-18H,1-6H3/t15-,16+,17+,18+,21-,22-/m1/s1. The molecule has 0 N–H and O–H groups in total. The number of fused-ring (bicyclic) bond motifs is 6. The lowest BCUT2D eigenvalue weighted by Crippen LogP contribution is -2.67. The fraction of sp³-hybridized carbons (Fsp3) is 0.591. The van der Waals surface area contributed by atoms with Gasteiger partial charge in [-0.1, -0.05) is 56.2 Å². The zero-order chi connectivity index (χ0) is 17.2. The molecule has 0 spiro atoms. The van der Waals surface area contributed by atoms with Gasteiger partial charge in [0.05, 0.1) is 17.6 Å². The van der Waals surface area contributed by atoms with Crippen LogP contribution in [0.4, 0.5) is 0 Å². The van der Waals surface area contributed by atoms with Crippen molar-refractivity contribution in [1.29, 1.82) is 0 Å². The minimum atomic E-state index is -0.400. The first-order chi connectivity index (χ1) is 11.2. The van der Waals surface area contributed by atoms with E-state index in [1.807, 2.05) is 0 Å². The first-order valence-electron chi connectivity index (χ1n) is 9.16. The van der Waals surface area contributed by atoms with Crippen LogP contribution in [0.15, 0.2) is 35.4 Å². The van der Waals surface area contributed by atoms with E-state index in [1.165, 1.54) is 22.3 Å². The summed E-state index contributed by atoms with van der Waals surface area (Å²) in [4.78, 5) is 13.6. The Bertz CT molecular complexity index is 832. The van der Waals surface area contributed by atoms with Gasteiger partial charge in [-0.25, -0.2) is 0 Å². The van der Waals surface area contributed by atoms with Gasteiger partial charge >= 0.3 is 0 Å². The number of carbonyl (C=O) groups excluding carboxylic acids is 1. The van der Waals surface area contributed by atoms with Crippen molar-refractivity contribution < 1.29 is 9.53 Å². The molecule has 1 aromatic rings. The molecular formula is C22H26O2. The quantitative estimate of drug-likeness (QED) is 0.627. The lowest BCUT2D eigenvalue weighted by Gasteiger charge is -2.66. The number of rotatable bonds is 0. The highest BCUT2D eigenvalue weighted by Gasteiger charge is 2.76. The van der Waals surface area contributed by atoms with Crippen LogP contribution in [0.25, 0.3) is 0 Å². The van der Waals surface area contributed by atoms with Gasteiger partial charge in [-0.2, -0.15) is 0 Å². The number of Topliss-reactive ketones (excluding diaryl/α,β-unsaturated/α-hetero) is 1. The van der Waals surface area contributed by atoms with Crippen molar-refractivity contribution >= 4 is 5.78 Å². The Hall–Kier alpha value is -1.41. The molecule has 1 saturated heterocycles. The lowest BCUT2D eigenvalue weighted by molar-refractivity contribution is -0.167. The number of hydrogen-bond donors (Lipinski definition) is 0. The molecule has 2 heteroatoms. The monoisotopic (exact) mass is 322 g/mol. The van der Waals surface area contributed by atoms with Crippen molar-refractivity contribution in [3.05, 3.63) is 46.5 Å². The Balaban J connectivity index is 1.85. The van der Waals surface area contributed by atoms with Gasteiger partial charge in [0.2, 0.25) is 0 Å². The van der Waals surface area contributed by atoms with E-state index < -0.39 is 5.41 Å². The number of ether oxygens (including phenoxy) is 1. The maximum atomic E-state index is 13.6. The van der Waals surface area contributed by atoms with Gasteiger partial charge in [0.15, 0.2) is 0 Å². The summed E-state index contributed by atoms with van der Waals surface area (Å²) in [6, 6.07) is 8.65. The summed E-state index contributed by atoms with van der Waals surface area (Å²) in [5, 5.41) is 0. The maximum Gasteiger partial charge on any atom is 0.149 e. The SMILES string of the molecule is CC1=C(C)[C@]2(C)[C@H]3[C@H]([C@H]4O[C@H]3c3ccccc34)[C@]1(C)C(=O)C2(C)C. The molecule has 0 amide bonds. The van der Waals surface area contributed by atoms with Crippen LogP contribution in [0.3, 0.4) is 0 Å². The molecule has 4 bridgehead atoms. The van der Waals surface area contributed by atoms with Crippen LogP contribution in [0.2, 0.25) is 0 Å². The second-order valence-electron chi connectivity index (χ2n) is 9.27. The van der Waals surface area contributed by atoms with Gasteiger partial charge in [-0.05, 0) is 31.9 Å². The van der Waals surface area contributed by atoms with Gasteiger partial charge in [0, 0.05) is 22.7 Å². The molecule has 6 rings (SSSR count). The first kappa shape index (κ1) is 14.9. The summed E-state index contributed by atoms with van der Waals surface area (Å²) in [5.41, 5.74) is 4.50. The molecule has 5 aliphatic rings. The molecule has 6 atom stereocenters. The highest BCUT2D eigenvalue weighted by molar-refractivity contribution is 5.97. The third kappa shape index (κ3) is 1.16. The van der Waals surface area contributed by atoms with Crippen LogP contribution >= 0.6 is 0 Å². The molecule has 3 aliphatic carbocycles. The molecule has 0 unspecified atom stereocenters. The number of benzene rings is 1. The molecule has 0 radical (unpaired) electrons. The maximum absolute atomic E-state index is 13.6. The lowest BCUT2D eigenvalue weighted by atomic mass is 9.34. The van der Waals surface area contributed by atoms with Crippen molar-refractivity contribution in [1.82, 2.24) is 0 Å². The van der Waals surface area contributed by atoms with Crippen molar-refractivity contribution in [2.24, 2.45) is 28.1 Å². The van der Waals surface area contributed by atoms with Crippen LogP contribution in [0, 0.1) is 28.1 Å². The minimum absolute atomic E-state index is 0.0728. The number of carbonyl (C=O) groups is 1. The summed E-state index contributed by atoms with van der Waals surface area (Å²) in [6.45, 7) is 13.3. The fourth-order valence-electron chi connectivity index (χ4n) is 6.96. The van der Waals surface area contributed by atoms with Gasteiger partial charge in [0.1, 0.15) is 5.78 Å². The predicted molar refractivity (Wildman–Crippen MR) is 93.4 cm³/mol. The fourth-order valence-corrected chi connectivity index (χ4v) is 6.96. The third-order valence-electron chi connectivity index (χ3n) is 8.73. The van der Waals surface area contributed by atoms with E-state index in [1.54, 1.807) is 0 Å². The molecule has 2 aliphatic heterocycles. The largest absolute Gasteiger partial charge is 0.365 e. The van der Waals surface area contributed by atoms with E-state index in [4.69, 9.17) is 4.74 Å². The molecule has 2 fully saturated rings. The highest BCUT2D eigenvalue weighted by Crippen LogP contribution is 2.78. The van der Waals surface area contributed by atoms with Crippen molar-refractivity contribution in [3.63, 3.8) is 0 Å². The average molecular weight is 322 g/mol. The first-order valence-corrected chi connectivity index (χ1v) is 9.16. The number of allylic oxidation sites excluding steroid dienone is 2. The molecular weight excluding hydrogens is 296 g/mol. The van der Waals surface area contributed by atoms with E-state index in [0.29, 0.717) is 11.7 Å². The van der Waals surface area contributed by atoms with E-state index in [-0.39, 0.29) is 29.0 Å². The zero-order valence-electron chi connectivity index (χ0n) is 15.4. The average Bonchev–Trinajstić information content (AvgIpc) is 3.13. The van der Waals surface area contributed by atoms with Crippen molar-refractivity contribution in [2.45, 2.75) is 53.8 Å². The van der Waals surface area contributed by atoms with Gasteiger partial charge in [-0.3, -0.25) is 4.79 Å². The minimum Gasteiger partial charge on any atom is -0.365 e. The molecule has 126 valence electrons. The van der Waals surface area contributed by atoms with Gasteiger partial charge < -0.3 is 4.74 Å². The van der Waals surface area contributed by atoms with Crippen LogP contribution in [-0.4, -0.2) is 5.78 Å². The Labute approximate surface area is 144 Å². The van der Waals surface area contributed by atoms with Crippen LogP contribution in [0.5, 0.6) is 0 Å². The van der Waals surface area contributed by atoms with Crippen LogP contribution < -0.4 is 0 Å². The molecule has 1 saturated carbocycles. The topological polar surface area (TPSA) is 26.3 Å². The predicted octanol–water partition coefficient (Wildman–Crippen LogP) is 5.02. The highest BCUT2D eigenvalue weighted by atomic mass is 16.5. The van der Waals surface area contributed by atoms with Crippen molar-refractivity contribution in [2.75, 3.05) is 0 Å². The number of ketones is 1. The summed E-state index contributed by atoms with van der Waals surface area (Å²) in [5.74, 6) is 1.07. The Morgan fingerprint density at radius 1 is 0.875 bits per heavy atom. The van der Waals surface area contributed by atoms with Crippen LogP contribution in [0.1, 0.15) is 64.9 Å². The second-order valence-corrected chi connectivity index (χ2v) is 9.27. The summed E-state index contributed by atoms with van der Waals surface area (Å²) >= 11 is 0. The van der Waals surface area contributed by atoms with Crippen molar-refractivity contribution in [3.8, 4) is 0 Å². The summed E-state index contributed by atoms with van der Waals surface area (Å²) < 4.78 is 6.56. The van der Waals surface area contributed by atoms with Gasteiger partial charge in [0.25, 0.3) is 0 Å². The third-order valence-corrected chi connectivity index (χ3v) is 8.73.